The molecule has 3 rings (SSSR count). The molecule has 0 saturated carbocycles. The van der Waals surface area contributed by atoms with Crippen molar-refractivity contribution in [3.63, 3.8) is 0 Å². The smallest absolute Gasteiger partial charge is 0.201 e. The summed E-state index contributed by atoms with van der Waals surface area (Å²) in [7, 11) is 2.14. The van der Waals surface area contributed by atoms with Gasteiger partial charge in [0.15, 0.2) is 6.20 Å². The van der Waals surface area contributed by atoms with Crippen LogP contribution in [0.3, 0.4) is 0 Å². The zero-order valence-corrected chi connectivity index (χ0v) is 16.2. The predicted molar refractivity (Wildman–Crippen MR) is 107 cm³/mol. The predicted octanol–water partition coefficient (Wildman–Crippen LogP) is 5.76. The molecule has 2 aromatic carbocycles. The van der Waals surface area contributed by atoms with Gasteiger partial charge in [-0.1, -0.05) is 57.2 Å². The average molecular weight is 330 g/mol. The first-order valence-electron chi connectivity index (χ1n) is 8.94. The minimum atomic E-state index is 0.161. The topological polar surface area (TPSA) is 3.88 Å². The van der Waals surface area contributed by atoms with Crippen molar-refractivity contribution < 1.29 is 4.57 Å². The van der Waals surface area contributed by atoms with Crippen LogP contribution in [0.1, 0.15) is 37.5 Å². The van der Waals surface area contributed by atoms with Crippen LogP contribution in [0.5, 0.6) is 0 Å². The van der Waals surface area contributed by atoms with E-state index >= 15 is 0 Å². The fourth-order valence-electron chi connectivity index (χ4n) is 3.39. The molecule has 1 aromatic heterocycles. The maximum atomic E-state index is 2.34. The quantitative estimate of drug-likeness (QED) is 0.526. The van der Waals surface area contributed by atoms with Crippen LogP contribution in [0, 0.1) is 13.8 Å². The number of hydrogen-bond acceptors (Lipinski definition) is 0. The summed E-state index contributed by atoms with van der Waals surface area (Å²) in [6.07, 6.45) is 2.26. The van der Waals surface area contributed by atoms with Gasteiger partial charge >= 0.3 is 0 Å². The van der Waals surface area contributed by atoms with Gasteiger partial charge in [-0.15, -0.1) is 0 Å². The van der Waals surface area contributed by atoms with Gasteiger partial charge in [0.1, 0.15) is 7.05 Å². The lowest BCUT2D eigenvalue weighted by atomic mass is 9.87. The van der Waals surface area contributed by atoms with Crippen molar-refractivity contribution in [1.29, 1.82) is 0 Å². The van der Waals surface area contributed by atoms with Crippen LogP contribution in [-0.4, -0.2) is 0 Å². The number of nitrogens with zero attached hydrogens (tertiary/aromatic N) is 1. The van der Waals surface area contributed by atoms with E-state index in [-0.39, 0.29) is 5.41 Å². The van der Waals surface area contributed by atoms with Crippen molar-refractivity contribution in [2.45, 2.75) is 40.0 Å². The first-order chi connectivity index (χ1) is 11.8. The van der Waals surface area contributed by atoms with Crippen molar-refractivity contribution in [2.24, 2.45) is 7.05 Å². The fraction of sp³-hybridized carbons (Fsp3) is 0.292. The molecule has 0 spiro atoms. The zero-order chi connectivity index (χ0) is 18.2. The van der Waals surface area contributed by atoms with Crippen molar-refractivity contribution in [3.05, 3.63) is 77.5 Å². The van der Waals surface area contributed by atoms with Gasteiger partial charge in [-0.2, -0.15) is 0 Å². The molecule has 0 aliphatic heterocycles. The standard InChI is InChI=1S/C24H28N/c1-17-14-18(2)22(15-21(17)19-10-8-7-9-11-19)23-13-12-20(16-25(23)6)24(3,4)5/h7-16H,1-6H3/q+1. The second-order valence-corrected chi connectivity index (χ2v) is 8.01. The second kappa shape index (κ2) is 6.48. The lowest BCUT2D eigenvalue weighted by Gasteiger charge is -2.18. The molecule has 0 radical (unpaired) electrons. The molecule has 0 atom stereocenters. The summed E-state index contributed by atoms with van der Waals surface area (Å²) in [6, 6.07) is 19.8. The van der Waals surface area contributed by atoms with E-state index in [0.29, 0.717) is 0 Å². The Morgan fingerprint density at radius 1 is 0.760 bits per heavy atom. The maximum Gasteiger partial charge on any atom is 0.212 e. The largest absolute Gasteiger partial charge is 0.212 e. The summed E-state index contributed by atoms with van der Waals surface area (Å²) < 4.78 is 2.26. The van der Waals surface area contributed by atoms with Crippen LogP contribution in [0.15, 0.2) is 60.8 Å². The third-order valence-corrected chi connectivity index (χ3v) is 4.93. The van der Waals surface area contributed by atoms with Crippen LogP contribution >= 0.6 is 0 Å². The minimum absolute atomic E-state index is 0.161. The number of hydrogen-bond donors (Lipinski definition) is 0. The van der Waals surface area contributed by atoms with Crippen molar-refractivity contribution in [3.8, 4) is 22.4 Å². The van der Waals surface area contributed by atoms with Gasteiger partial charge in [-0.05, 0) is 53.6 Å². The molecule has 0 saturated heterocycles. The molecule has 0 bridgehead atoms. The molecule has 0 amide bonds. The summed E-state index contributed by atoms with van der Waals surface area (Å²) in [6.45, 7) is 11.2. The van der Waals surface area contributed by atoms with E-state index in [1.54, 1.807) is 0 Å². The SMILES string of the molecule is Cc1cc(C)c(-c2ccc(C(C)(C)C)c[n+]2C)cc1-c1ccccc1. The normalized spacial score (nSPS) is 11.6. The number of rotatable bonds is 2. The molecule has 0 aliphatic carbocycles. The van der Waals surface area contributed by atoms with Gasteiger partial charge in [-0.25, -0.2) is 4.57 Å². The molecule has 0 aliphatic rings. The summed E-state index contributed by atoms with van der Waals surface area (Å²) in [5.74, 6) is 0. The number of aryl methyl sites for hydroxylation is 3. The Morgan fingerprint density at radius 3 is 2.00 bits per heavy atom. The molecule has 0 unspecified atom stereocenters. The third kappa shape index (κ3) is 3.51. The lowest BCUT2D eigenvalue weighted by Crippen LogP contribution is -2.33. The molecule has 1 heteroatoms. The molecule has 1 nitrogen and oxygen atoms in total. The van der Waals surface area contributed by atoms with Crippen LogP contribution in [0.2, 0.25) is 0 Å². The van der Waals surface area contributed by atoms with Crippen LogP contribution in [0.25, 0.3) is 22.4 Å². The first kappa shape index (κ1) is 17.4. The van der Waals surface area contributed by atoms with Crippen molar-refractivity contribution in [1.82, 2.24) is 0 Å². The molecule has 25 heavy (non-hydrogen) atoms. The number of benzene rings is 2. The number of pyridine rings is 1. The monoisotopic (exact) mass is 330 g/mol. The highest BCUT2D eigenvalue weighted by Crippen LogP contribution is 2.31. The van der Waals surface area contributed by atoms with Crippen molar-refractivity contribution in [2.75, 3.05) is 0 Å². The first-order valence-corrected chi connectivity index (χ1v) is 8.94. The Morgan fingerprint density at radius 2 is 1.40 bits per heavy atom. The summed E-state index contributed by atoms with van der Waals surface area (Å²) >= 11 is 0. The fourth-order valence-corrected chi connectivity index (χ4v) is 3.39. The second-order valence-electron chi connectivity index (χ2n) is 8.01. The highest BCUT2D eigenvalue weighted by atomic mass is 14.9. The lowest BCUT2D eigenvalue weighted by molar-refractivity contribution is -0.661. The van der Waals surface area contributed by atoms with Crippen LogP contribution in [-0.2, 0) is 12.5 Å². The Hall–Kier alpha value is -2.41. The van der Waals surface area contributed by atoms with E-state index in [2.05, 4.69) is 107 Å². The molecular weight excluding hydrogens is 302 g/mol. The van der Waals surface area contributed by atoms with Crippen molar-refractivity contribution >= 4 is 0 Å². The highest BCUT2D eigenvalue weighted by molar-refractivity contribution is 5.75. The van der Waals surface area contributed by atoms with E-state index in [4.69, 9.17) is 0 Å². The van der Waals surface area contributed by atoms with E-state index < -0.39 is 0 Å². The van der Waals surface area contributed by atoms with E-state index in [0.717, 1.165) is 0 Å². The Kier molecular flexibility index (Phi) is 4.51. The van der Waals surface area contributed by atoms with E-state index in [1.165, 1.54) is 39.1 Å². The Balaban J connectivity index is 2.15. The van der Waals surface area contributed by atoms with Gasteiger partial charge in [0.2, 0.25) is 5.69 Å². The van der Waals surface area contributed by atoms with Gasteiger partial charge in [0, 0.05) is 17.2 Å². The van der Waals surface area contributed by atoms with Gasteiger partial charge in [-0.3, -0.25) is 0 Å². The molecule has 0 fully saturated rings. The van der Waals surface area contributed by atoms with Gasteiger partial charge in [0.25, 0.3) is 0 Å². The Labute approximate surface area is 152 Å². The summed E-state index contributed by atoms with van der Waals surface area (Å²) in [4.78, 5) is 0. The summed E-state index contributed by atoms with van der Waals surface area (Å²) in [5, 5.41) is 0. The summed E-state index contributed by atoms with van der Waals surface area (Å²) in [5.41, 5.74) is 9.28. The van der Waals surface area contributed by atoms with E-state index in [1.807, 2.05) is 0 Å². The molecule has 128 valence electrons. The average Bonchev–Trinajstić information content (AvgIpc) is 2.55. The number of aromatic nitrogens is 1. The Bertz CT molecular complexity index is 899. The molecular formula is C24H28N+. The van der Waals surface area contributed by atoms with Gasteiger partial charge in [0.05, 0.1) is 0 Å². The molecule has 0 N–H and O–H groups in total. The highest BCUT2D eigenvalue weighted by Gasteiger charge is 2.20. The maximum absolute atomic E-state index is 2.34. The minimum Gasteiger partial charge on any atom is -0.201 e. The zero-order valence-electron chi connectivity index (χ0n) is 16.2. The van der Waals surface area contributed by atoms with E-state index in [9.17, 15) is 0 Å². The molecule has 3 aromatic rings. The van der Waals surface area contributed by atoms with Gasteiger partial charge < -0.3 is 0 Å². The molecule has 1 heterocycles. The van der Waals surface area contributed by atoms with Crippen LogP contribution < -0.4 is 4.57 Å². The third-order valence-electron chi connectivity index (χ3n) is 4.93. The van der Waals surface area contributed by atoms with Crippen LogP contribution in [0.4, 0.5) is 0 Å².